The Labute approximate surface area is 171 Å². The predicted molar refractivity (Wildman–Crippen MR) is 114 cm³/mol. The number of benzene rings is 2. The molecule has 7 heteroatoms. The van der Waals surface area contributed by atoms with Gasteiger partial charge in [-0.1, -0.05) is 48.5 Å². The molecule has 0 radical (unpaired) electrons. The summed E-state index contributed by atoms with van der Waals surface area (Å²) in [5.74, 6) is 0.139. The molecular formula is C22H29N3O4. The average molecular weight is 399 g/mol. The van der Waals surface area contributed by atoms with Crippen molar-refractivity contribution in [2.75, 3.05) is 27.7 Å². The van der Waals surface area contributed by atoms with E-state index in [2.05, 4.69) is 40.2 Å². The molecule has 0 bridgehead atoms. The molecule has 0 atom stereocenters. The topological polar surface area (TPSA) is 96.5 Å². The van der Waals surface area contributed by atoms with Gasteiger partial charge in [0.1, 0.15) is 6.61 Å². The lowest BCUT2D eigenvalue weighted by molar-refractivity contribution is -0.119. The van der Waals surface area contributed by atoms with Crippen molar-refractivity contribution < 1.29 is 19.1 Å². The lowest BCUT2D eigenvalue weighted by atomic mass is 9.98. The van der Waals surface area contributed by atoms with Gasteiger partial charge in [0.05, 0.1) is 0 Å². The molecule has 3 N–H and O–H groups in total. The Hall–Kier alpha value is -3.35. The minimum absolute atomic E-state index is 0.00463. The van der Waals surface area contributed by atoms with E-state index in [1.807, 2.05) is 24.3 Å². The van der Waals surface area contributed by atoms with Crippen molar-refractivity contribution in [1.29, 1.82) is 0 Å². The minimum atomic E-state index is -0.387. The molecule has 0 unspecified atom stereocenters. The Balaban J connectivity index is 0.000000353. The van der Waals surface area contributed by atoms with Crippen LogP contribution < -0.4 is 16.0 Å². The zero-order chi connectivity index (χ0) is 21.8. The van der Waals surface area contributed by atoms with Gasteiger partial charge in [-0.25, -0.2) is 4.79 Å². The van der Waals surface area contributed by atoms with Gasteiger partial charge in [-0.15, -0.1) is 0 Å². The SMILES string of the molecule is CNC(=O)OCC1c2ccccc2-c2ccccc21.CNC(C)=O.CNC(C)=O. The first-order chi connectivity index (χ1) is 13.8. The van der Waals surface area contributed by atoms with Gasteiger partial charge < -0.3 is 20.7 Å². The molecule has 29 heavy (non-hydrogen) atoms. The molecule has 156 valence electrons. The smallest absolute Gasteiger partial charge is 0.406 e. The molecule has 0 saturated carbocycles. The molecule has 0 fully saturated rings. The number of amides is 3. The van der Waals surface area contributed by atoms with E-state index in [0.717, 1.165) is 0 Å². The number of fused-ring (bicyclic) bond motifs is 3. The van der Waals surface area contributed by atoms with Gasteiger partial charge in [0.2, 0.25) is 11.8 Å². The van der Waals surface area contributed by atoms with Crippen LogP contribution in [-0.2, 0) is 14.3 Å². The van der Waals surface area contributed by atoms with E-state index in [0.29, 0.717) is 6.61 Å². The van der Waals surface area contributed by atoms with Gasteiger partial charge in [0.25, 0.3) is 0 Å². The van der Waals surface area contributed by atoms with E-state index in [-0.39, 0.29) is 23.8 Å². The molecular weight excluding hydrogens is 370 g/mol. The van der Waals surface area contributed by atoms with Crippen molar-refractivity contribution in [2.45, 2.75) is 19.8 Å². The third kappa shape index (κ3) is 7.29. The zero-order valence-electron chi connectivity index (χ0n) is 17.5. The molecule has 0 aliphatic heterocycles. The van der Waals surface area contributed by atoms with Crippen LogP contribution in [0.25, 0.3) is 11.1 Å². The van der Waals surface area contributed by atoms with Crippen LogP contribution >= 0.6 is 0 Å². The van der Waals surface area contributed by atoms with E-state index in [1.165, 1.54) is 36.1 Å². The maximum Gasteiger partial charge on any atom is 0.406 e. The zero-order valence-corrected chi connectivity index (χ0v) is 17.5. The van der Waals surface area contributed by atoms with Crippen molar-refractivity contribution in [3.8, 4) is 11.1 Å². The lowest BCUT2D eigenvalue weighted by Gasteiger charge is -2.13. The summed E-state index contributed by atoms with van der Waals surface area (Å²) >= 11 is 0. The predicted octanol–water partition coefficient (Wildman–Crippen LogP) is 2.66. The highest BCUT2D eigenvalue weighted by molar-refractivity contribution is 5.79. The molecule has 3 rings (SSSR count). The molecule has 2 aromatic carbocycles. The highest BCUT2D eigenvalue weighted by Crippen LogP contribution is 2.44. The van der Waals surface area contributed by atoms with Crippen molar-refractivity contribution in [1.82, 2.24) is 16.0 Å². The van der Waals surface area contributed by atoms with Crippen molar-refractivity contribution in [3.05, 3.63) is 59.7 Å². The van der Waals surface area contributed by atoms with E-state index in [4.69, 9.17) is 4.74 Å². The normalized spacial score (nSPS) is 10.7. The van der Waals surface area contributed by atoms with Gasteiger partial charge >= 0.3 is 6.09 Å². The van der Waals surface area contributed by atoms with Gasteiger partial charge in [-0.3, -0.25) is 9.59 Å². The van der Waals surface area contributed by atoms with E-state index < -0.39 is 0 Å². The molecule has 7 nitrogen and oxygen atoms in total. The summed E-state index contributed by atoms with van der Waals surface area (Å²) < 4.78 is 5.24. The molecule has 3 amide bonds. The standard InChI is InChI=1S/C16H15NO2.2C3H7NO/c1-17-16(18)19-10-15-13-8-4-2-6-11(13)12-7-3-5-9-14(12)15;2*1-3(5)4-2/h2-9,15H,10H2,1H3,(H,17,18);2*1-2H3,(H,4,5). The highest BCUT2D eigenvalue weighted by Gasteiger charge is 2.28. The summed E-state index contributed by atoms with van der Waals surface area (Å²) in [6, 6.07) is 16.6. The summed E-state index contributed by atoms with van der Waals surface area (Å²) in [4.78, 5) is 30.7. The summed E-state index contributed by atoms with van der Waals surface area (Å²) in [7, 11) is 4.77. The second kappa shape index (κ2) is 12.2. The molecule has 2 aromatic rings. The molecule has 0 aromatic heterocycles. The number of rotatable bonds is 2. The third-order valence-corrected chi connectivity index (χ3v) is 4.25. The highest BCUT2D eigenvalue weighted by atomic mass is 16.5. The largest absolute Gasteiger partial charge is 0.449 e. The first-order valence-corrected chi connectivity index (χ1v) is 9.25. The molecule has 0 spiro atoms. The van der Waals surface area contributed by atoms with E-state index >= 15 is 0 Å². The Kier molecular flexibility index (Phi) is 9.95. The van der Waals surface area contributed by atoms with Crippen LogP contribution in [0.4, 0.5) is 4.79 Å². The van der Waals surface area contributed by atoms with Crippen LogP contribution in [0.3, 0.4) is 0 Å². The van der Waals surface area contributed by atoms with Crippen molar-refractivity contribution in [2.24, 2.45) is 0 Å². The van der Waals surface area contributed by atoms with E-state index in [9.17, 15) is 14.4 Å². The van der Waals surface area contributed by atoms with Crippen LogP contribution in [0.5, 0.6) is 0 Å². The van der Waals surface area contributed by atoms with Crippen molar-refractivity contribution >= 4 is 17.9 Å². The quantitative estimate of drug-likeness (QED) is 0.723. The van der Waals surface area contributed by atoms with Crippen LogP contribution in [0.2, 0.25) is 0 Å². The fraction of sp³-hybridized carbons (Fsp3) is 0.318. The fourth-order valence-electron chi connectivity index (χ4n) is 2.67. The van der Waals surface area contributed by atoms with Gasteiger partial charge in [-0.2, -0.15) is 0 Å². The summed E-state index contributed by atoms with van der Waals surface area (Å²) in [6.07, 6.45) is -0.387. The number of alkyl carbamates (subject to hydrolysis) is 1. The van der Waals surface area contributed by atoms with Crippen LogP contribution in [-0.4, -0.2) is 45.7 Å². The maximum absolute atomic E-state index is 11.3. The fourth-order valence-corrected chi connectivity index (χ4v) is 2.67. The number of ether oxygens (including phenoxy) is 1. The molecule has 1 aliphatic rings. The lowest BCUT2D eigenvalue weighted by Crippen LogP contribution is -2.21. The Morgan fingerprint density at radius 1 is 0.759 bits per heavy atom. The summed E-state index contributed by atoms with van der Waals surface area (Å²) in [5, 5.41) is 7.25. The van der Waals surface area contributed by atoms with Crippen LogP contribution in [0.1, 0.15) is 30.9 Å². The number of carbonyl (C=O) groups is 3. The second-order valence-corrected chi connectivity index (χ2v) is 6.19. The summed E-state index contributed by atoms with van der Waals surface area (Å²) in [6.45, 7) is 3.31. The van der Waals surface area contributed by atoms with E-state index in [1.54, 1.807) is 21.1 Å². The maximum atomic E-state index is 11.3. The number of nitrogens with one attached hydrogen (secondary N) is 3. The van der Waals surface area contributed by atoms with Gasteiger partial charge in [0.15, 0.2) is 0 Å². The Morgan fingerprint density at radius 2 is 1.14 bits per heavy atom. The third-order valence-electron chi connectivity index (χ3n) is 4.25. The number of hydrogen-bond donors (Lipinski definition) is 3. The Bertz CT molecular complexity index is 777. The van der Waals surface area contributed by atoms with Crippen molar-refractivity contribution in [3.63, 3.8) is 0 Å². The number of carbonyl (C=O) groups excluding carboxylic acids is 3. The van der Waals surface area contributed by atoms with Gasteiger partial charge in [0, 0.05) is 40.9 Å². The second-order valence-electron chi connectivity index (χ2n) is 6.19. The first-order valence-electron chi connectivity index (χ1n) is 9.25. The average Bonchev–Trinajstić information content (AvgIpc) is 3.06. The Morgan fingerprint density at radius 3 is 1.48 bits per heavy atom. The van der Waals surface area contributed by atoms with Crippen LogP contribution in [0.15, 0.2) is 48.5 Å². The summed E-state index contributed by atoms with van der Waals surface area (Å²) in [5.41, 5.74) is 4.94. The first kappa shape index (κ1) is 23.7. The molecule has 0 heterocycles. The van der Waals surface area contributed by atoms with Crippen LogP contribution in [0, 0.1) is 0 Å². The minimum Gasteiger partial charge on any atom is -0.449 e. The molecule has 0 saturated heterocycles. The molecule has 1 aliphatic carbocycles. The number of hydrogen-bond acceptors (Lipinski definition) is 4. The monoisotopic (exact) mass is 399 g/mol. The van der Waals surface area contributed by atoms with Gasteiger partial charge in [-0.05, 0) is 22.3 Å².